The highest BCUT2D eigenvalue weighted by molar-refractivity contribution is 5.82. The number of halogens is 3. The Hall–Kier alpha value is -0.780. The van der Waals surface area contributed by atoms with Crippen LogP contribution in [-0.2, 0) is 4.79 Å². The Kier molecular flexibility index (Phi) is 4.85. The fourth-order valence-corrected chi connectivity index (χ4v) is 3.55. The smallest absolute Gasteiger partial charge is 0.338 e. The summed E-state index contributed by atoms with van der Waals surface area (Å²) in [5.41, 5.74) is 0. The van der Waals surface area contributed by atoms with Gasteiger partial charge >= 0.3 is 6.18 Å². The SMILES string of the molecule is CC1CC(C)C(C)N(C(=O)C2CCC(C(F)(F)F)CN2)C1. The van der Waals surface area contributed by atoms with Gasteiger partial charge in [-0.1, -0.05) is 13.8 Å². The quantitative estimate of drug-likeness (QED) is 0.808. The molecule has 0 radical (unpaired) electrons. The van der Waals surface area contributed by atoms with Crippen LogP contribution in [0, 0.1) is 17.8 Å². The molecule has 2 aliphatic heterocycles. The van der Waals surface area contributed by atoms with Crippen LogP contribution in [-0.4, -0.2) is 42.2 Å². The van der Waals surface area contributed by atoms with E-state index >= 15 is 0 Å². The Morgan fingerprint density at radius 2 is 1.86 bits per heavy atom. The summed E-state index contributed by atoms with van der Waals surface area (Å²) < 4.78 is 38.0. The molecule has 2 saturated heterocycles. The van der Waals surface area contributed by atoms with Crippen molar-refractivity contribution in [3.05, 3.63) is 0 Å². The lowest BCUT2D eigenvalue weighted by atomic mass is 9.85. The Balaban J connectivity index is 1.95. The minimum absolute atomic E-state index is 0.0264. The van der Waals surface area contributed by atoms with Crippen molar-refractivity contribution in [3.8, 4) is 0 Å². The zero-order valence-electron chi connectivity index (χ0n) is 12.9. The van der Waals surface area contributed by atoms with Gasteiger partial charge in [-0.25, -0.2) is 0 Å². The van der Waals surface area contributed by atoms with Crippen molar-refractivity contribution >= 4 is 5.91 Å². The molecule has 3 nitrogen and oxygen atoms in total. The number of alkyl halides is 3. The number of nitrogens with zero attached hydrogens (tertiary/aromatic N) is 1. The van der Waals surface area contributed by atoms with E-state index < -0.39 is 18.1 Å². The van der Waals surface area contributed by atoms with Crippen molar-refractivity contribution in [1.29, 1.82) is 0 Å². The third kappa shape index (κ3) is 3.71. The van der Waals surface area contributed by atoms with E-state index in [4.69, 9.17) is 0 Å². The minimum atomic E-state index is -4.16. The van der Waals surface area contributed by atoms with E-state index in [1.807, 2.05) is 11.8 Å². The Morgan fingerprint density at radius 3 is 2.38 bits per heavy atom. The van der Waals surface area contributed by atoms with Crippen LogP contribution >= 0.6 is 0 Å². The van der Waals surface area contributed by atoms with E-state index in [1.54, 1.807) is 0 Å². The molecule has 122 valence electrons. The van der Waals surface area contributed by atoms with Gasteiger partial charge < -0.3 is 10.2 Å². The lowest BCUT2D eigenvalue weighted by Crippen LogP contribution is -2.57. The van der Waals surface area contributed by atoms with Crippen molar-refractivity contribution in [2.24, 2.45) is 17.8 Å². The number of hydrogen-bond donors (Lipinski definition) is 1. The van der Waals surface area contributed by atoms with Crippen molar-refractivity contribution in [3.63, 3.8) is 0 Å². The minimum Gasteiger partial charge on any atom is -0.338 e. The summed E-state index contributed by atoms with van der Waals surface area (Å²) in [5, 5.41) is 2.81. The zero-order chi connectivity index (χ0) is 15.8. The fraction of sp³-hybridized carbons (Fsp3) is 0.933. The van der Waals surface area contributed by atoms with Gasteiger partial charge in [-0.15, -0.1) is 0 Å². The lowest BCUT2D eigenvalue weighted by molar-refractivity contribution is -0.181. The van der Waals surface area contributed by atoms with Crippen LogP contribution in [0.2, 0.25) is 0 Å². The van der Waals surface area contributed by atoms with Gasteiger partial charge in [-0.3, -0.25) is 4.79 Å². The number of likely N-dealkylation sites (tertiary alicyclic amines) is 1. The summed E-state index contributed by atoms with van der Waals surface area (Å²) in [6, 6.07) is -0.292. The fourth-order valence-electron chi connectivity index (χ4n) is 3.55. The molecule has 5 unspecified atom stereocenters. The maximum Gasteiger partial charge on any atom is 0.393 e. The molecule has 0 aromatic rings. The van der Waals surface area contributed by atoms with Crippen molar-refractivity contribution < 1.29 is 18.0 Å². The maximum atomic E-state index is 12.7. The third-order valence-corrected chi connectivity index (χ3v) is 5.06. The van der Waals surface area contributed by atoms with Gasteiger partial charge in [0.05, 0.1) is 12.0 Å². The van der Waals surface area contributed by atoms with Crippen LogP contribution in [0.1, 0.15) is 40.0 Å². The Bertz CT molecular complexity index is 378. The van der Waals surface area contributed by atoms with Crippen LogP contribution < -0.4 is 5.32 Å². The predicted octanol–water partition coefficient (Wildman–Crippen LogP) is 2.81. The Morgan fingerprint density at radius 1 is 1.19 bits per heavy atom. The molecule has 2 rings (SSSR count). The van der Waals surface area contributed by atoms with E-state index in [0.717, 1.165) is 6.42 Å². The van der Waals surface area contributed by atoms with E-state index in [9.17, 15) is 18.0 Å². The van der Waals surface area contributed by atoms with Gasteiger partial charge in [0.15, 0.2) is 0 Å². The van der Waals surface area contributed by atoms with E-state index in [0.29, 0.717) is 18.4 Å². The molecule has 2 heterocycles. The van der Waals surface area contributed by atoms with E-state index in [-0.39, 0.29) is 31.3 Å². The van der Waals surface area contributed by atoms with Crippen LogP contribution in [0.25, 0.3) is 0 Å². The number of rotatable bonds is 1. The van der Waals surface area contributed by atoms with Gasteiger partial charge in [0.2, 0.25) is 5.91 Å². The van der Waals surface area contributed by atoms with E-state index in [2.05, 4.69) is 19.2 Å². The molecular formula is C15H25F3N2O. The summed E-state index contributed by atoms with van der Waals surface area (Å²) in [6.45, 7) is 6.86. The standard InChI is InChI=1S/C15H25F3N2O/c1-9-6-10(2)11(3)20(8-9)14(21)13-5-4-12(7-19-13)15(16,17)18/h9-13,19H,4-8H2,1-3H3. The number of carbonyl (C=O) groups is 1. The molecule has 6 heteroatoms. The summed E-state index contributed by atoms with van der Waals surface area (Å²) in [7, 11) is 0. The average Bonchev–Trinajstić information content (AvgIpc) is 2.41. The second kappa shape index (κ2) is 6.15. The lowest BCUT2D eigenvalue weighted by Gasteiger charge is -2.43. The van der Waals surface area contributed by atoms with Crippen LogP contribution in [0.15, 0.2) is 0 Å². The zero-order valence-corrected chi connectivity index (χ0v) is 12.9. The molecule has 0 aromatic heterocycles. The molecule has 0 spiro atoms. The first-order valence-electron chi connectivity index (χ1n) is 7.80. The molecule has 0 bridgehead atoms. The summed E-state index contributed by atoms with van der Waals surface area (Å²) >= 11 is 0. The highest BCUT2D eigenvalue weighted by Crippen LogP contribution is 2.33. The van der Waals surface area contributed by atoms with Crippen LogP contribution in [0.3, 0.4) is 0 Å². The molecule has 0 aliphatic carbocycles. The maximum absolute atomic E-state index is 12.7. The molecule has 0 saturated carbocycles. The number of piperidine rings is 2. The predicted molar refractivity (Wildman–Crippen MR) is 74.7 cm³/mol. The van der Waals surface area contributed by atoms with Crippen LogP contribution in [0.4, 0.5) is 13.2 Å². The monoisotopic (exact) mass is 306 g/mol. The molecule has 2 aliphatic rings. The number of hydrogen-bond acceptors (Lipinski definition) is 2. The molecule has 5 atom stereocenters. The summed E-state index contributed by atoms with van der Waals surface area (Å²) in [5.74, 6) is -0.462. The molecular weight excluding hydrogens is 281 g/mol. The van der Waals surface area contributed by atoms with Crippen molar-refractivity contribution in [2.45, 2.75) is 58.3 Å². The van der Waals surface area contributed by atoms with E-state index in [1.165, 1.54) is 0 Å². The first kappa shape index (κ1) is 16.6. The molecule has 2 fully saturated rings. The molecule has 1 amide bonds. The van der Waals surface area contributed by atoms with Gasteiger partial charge in [0.1, 0.15) is 0 Å². The average molecular weight is 306 g/mol. The first-order chi connectivity index (χ1) is 9.70. The largest absolute Gasteiger partial charge is 0.393 e. The second-order valence-electron chi connectivity index (χ2n) is 6.83. The highest BCUT2D eigenvalue weighted by atomic mass is 19.4. The molecule has 0 aromatic carbocycles. The topological polar surface area (TPSA) is 32.3 Å². The van der Waals surface area contributed by atoms with Crippen molar-refractivity contribution in [2.75, 3.05) is 13.1 Å². The number of carbonyl (C=O) groups excluding carboxylic acids is 1. The Labute approximate surface area is 124 Å². The van der Waals surface area contributed by atoms with Gasteiger partial charge in [-0.2, -0.15) is 13.2 Å². The van der Waals surface area contributed by atoms with Crippen molar-refractivity contribution in [1.82, 2.24) is 10.2 Å². The first-order valence-corrected chi connectivity index (χ1v) is 7.80. The second-order valence-corrected chi connectivity index (χ2v) is 6.83. The third-order valence-electron chi connectivity index (χ3n) is 5.06. The normalized spacial score (nSPS) is 38.4. The molecule has 21 heavy (non-hydrogen) atoms. The van der Waals surface area contributed by atoms with Gasteiger partial charge in [-0.05, 0) is 38.0 Å². The highest BCUT2D eigenvalue weighted by Gasteiger charge is 2.44. The number of nitrogens with one attached hydrogen (secondary N) is 1. The van der Waals surface area contributed by atoms with Crippen LogP contribution in [0.5, 0.6) is 0 Å². The van der Waals surface area contributed by atoms with Gasteiger partial charge in [0.25, 0.3) is 0 Å². The summed E-state index contributed by atoms with van der Waals surface area (Å²) in [6.07, 6.45) is -2.75. The molecule has 1 N–H and O–H groups in total. The van der Waals surface area contributed by atoms with Gasteiger partial charge in [0, 0.05) is 19.1 Å². The summed E-state index contributed by atoms with van der Waals surface area (Å²) in [4.78, 5) is 14.5. The number of amides is 1.